The normalized spacial score (nSPS) is 11.4. The van der Waals surface area contributed by atoms with E-state index in [1.54, 1.807) is 24.3 Å². The van der Waals surface area contributed by atoms with Crippen molar-refractivity contribution in [1.82, 2.24) is 0 Å². The third-order valence-corrected chi connectivity index (χ3v) is 3.00. The maximum atomic E-state index is 11.5. The Hall–Kier alpha value is -1.59. The highest BCUT2D eigenvalue weighted by molar-refractivity contribution is 7.86. The molecule has 18 heavy (non-hydrogen) atoms. The van der Waals surface area contributed by atoms with Crippen LogP contribution in [0.25, 0.3) is 10.8 Å². The molecule has 0 aliphatic rings. The van der Waals surface area contributed by atoms with E-state index in [1.165, 1.54) is 6.07 Å². The average Bonchev–Trinajstić information content (AvgIpc) is 2.26. The summed E-state index contributed by atoms with van der Waals surface area (Å²) in [5.74, 6) is -0.0591. The Morgan fingerprint density at radius 1 is 1.17 bits per heavy atom. The first-order valence-corrected chi connectivity index (χ1v) is 7.19. The molecule has 0 atom stereocenters. The van der Waals surface area contributed by atoms with E-state index in [2.05, 4.69) is 0 Å². The summed E-state index contributed by atoms with van der Waals surface area (Å²) in [6.07, 6.45) is 0.907. The smallest absolute Gasteiger partial charge is 0.306 e. The van der Waals surface area contributed by atoms with E-state index in [9.17, 15) is 13.2 Å². The molecule has 0 aliphatic carbocycles. The van der Waals surface area contributed by atoms with Gasteiger partial charge in [0.25, 0.3) is 5.24 Å². The number of fused-ring (bicyclic) bond motifs is 1. The molecule has 2 aromatic carbocycles. The summed E-state index contributed by atoms with van der Waals surface area (Å²) in [5, 5.41) is 0.575. The van der Waals surface area contributed by atoms with Gasteiger partial charge in [-0.2, -0.15) is 8.42 Å². The minimum Gasteiger partial charge on any atom is -0.382 e. The zero-order valence-corrected chi connectivity index (χ0v) is 11.0. The van der Waals surface area contributed by atoms with Gasteiger partial charge in [-0.15, -0.1) is 0 Å². The average molecular weight is 285 g/mol. The van der Waals surface area contributed by atoms with Crippen LogP contribution in [-0.4, -0.2) is 19.9 Å². The number of carbonyl (C=O) groups is 1. The van der Waals surface area contributed by atoms with Gasteiger partial charge in [0.05, 0.1) is 11.8 Å². The fraction of sp³-hybridized carbons (Fsp3) is 0.0833. The Morgan fingerprint density at radius 2 is 1.83 bits per heavy atom. The number of benzene rings is 2. The van der Waals surface area contributed by atoms with E-state index in [4.69, 9.17) is 15.8 Å². The van der Waals surface area contributed by atoms with Gasteiger partial charge in [-0.3, -0.25) is 4.79 Å². The minimum atomic E-state index is -3.71. The summed E-state index contributed by atoms with van der Waals surface area (Å²) in [7, 11) is -3.71. The standard InChI is InChI=1S/C12H9ClO4S/c1-18(15,16)17-10-7-6-8-4-2-3-5-9(8)11(10)12(13)14/h2-7H,1H3. The van der Waals surface area contributed by atoms with E-state index in [-0.39, 0.29) is 11.3 Å². The highest BCUT2D eigenvalue weighted by Crippen LogP contribution is 2.30. The van der Waals surface area contributed by atoms with Crippen LogP contribution >= 0.6 is 11.6 Å². The van der Waals surface area contributed by atoms with Gasteiger partial charge in [0.1, 0.15) is 0 Å². The van der Waals surface area contributed by atoms with Gasteiger partial charge >= 0.3 is 10.1 Å². The molecule has 0 aliphatic heterocycles. The molecule has 0 heterocycles. The lowest BCUT2D eigenvalue weighted by molar-refractivity contribution is 0.108. The van der Waals surface area contributed by atoms with Crippen LogP contribution in [0.1, 0.15) is 10.4 Å². The summed E-state index contributed by atoms with van der Waals surface area (Å²) >= 11 is 5.50. The Balaban J connectivity index is 2.75. The third kappa shape index (κ3) is 2.63. The zero-order valence-electron chi connectivity index (χ0n) is 9.38. The van der Waals surface area contributed by atoms with Crippen molar-refractivity contribution < 1.29 is 17.4 Å². The SMILES string of the molecule is CS(=O)(=O)Oc1ccc2ccccc2c1C(=O)Cl. The molecular weight excluding hydrogens is 276 g/mol. The van der Waals surface area contributed by atoms with Crippen LogP contribution < -0.4 is 4.18 Å². The van der Waals surface area contributed by atoms with Crippen molar-refractivity contribution in [1.29, 1.82) is 0 Å². The molecule has 2 aromatic rings. The third-order valence-electron chi connectivity index (χ3n) is 2.33. The van der Waals surface area contributed by atoms with Gasteiger partial charge in [0.2, 0.25) is 0 Å². The zero-order chi connectivity index (χ0) is 13.3. The molecule has 0 radical (unpaired) electrons. The van der Waals surface area contributed by atoms with Crippen molar-refractivity contribution in [3.05, 3.63) is 42.0 Å². The molecule has 0 fully saturated rings. The second-order valence-electron chi connectivity index (χ2n) is 3.72. The van der Waals surface area contributed by atoms with Crippen LogP contribution in [0.3, 0.4) is 0 Å². The first kappa shape index (κ1) is 12.9. The molecule has 0 saturated carbocycles. The predicted molar refractivity (Wildman–Crippen MR) is 69.6 cm³/mol. The molecule has 0 spiro atoms. The van der Waals surface area contributed by atoms with Crippen molar-refractivity contribution in [2.75, 3.05) is 6.26 Å². The molecule has 0 bridgehead atoms. The molecule has 0 N–H and O–H groups in total. The summed E-state index contributed by atoms with van der Waals surface area (Å²) in [6.45, 7) is 0. The molecule has 0 aromatic heterocycles. The van der Waals surface area contributed by atoms with Gasteiger partial charge in [0, 0.05) is 0 Å². The van der Waals surface area contributed by atoms with E-state index >= 15 is 0 Å². The lowest BCUT2D eigenvalue weighted by Crippen LogP contribution is -2.08. The van der Waals surface area contributed by atoms with Crippen molar-refractivity contribution in [2.45, 2.75) is 0 Å². The van der Waals surface area contributed by atoms with E-state index in [0.717, 1.165) is 11.6 Å². The first-order chi connectivity index (χ1) is 8.38. The number of hydrogen-bond donors (Lipinski definition) is 0. The predicted octanol–water partition coefficient (Wildman–Crippen LogP) is 2.56. The molecule has 0 saturated heterocycles. The highest BCUT2D eigenvalue weighted by atomic mass is 35.5. The maximum absolute atomic E-state index is 11.5. The molecule has 6 heteroatoms. The Morgan fingerprint density at radius 3 is 2.44 bits per heavy atom. The van der Waals surface area contributed by atoms with E-state index < -0.39 is 15.4 Å². The summed E-state index contributed by atoms with van der Waals surface area (Å²) in [5.41, 5.74) is 0.0557. The molecular formula is C12H9ClO4S. The second-order valence-corrected chi connectivity index (χ2v) is 5.64. The minimum absolute atomic E-state index is 0.0557. The first-order valence-electron chi connectivity index (χ1n) is 4.99. The fourth-order valence-electron chi connectivity index (χ4n) is 1.69. The van der Waals surface area contributed by atoms with Gasteiger partial charge in [-0.1, -0.05) is 30.3 Å². The van der Waals surface area contributed by atoms with Gasteiger partial charge in [0.15, 0.2) is 5.75 Å². The van der Waals surface area contributed by atoms with E-state index in [0.29, 0.717) is 5.39 Å². The van der Waals surface area contributed by atoms with Crippen molar-refractivity contribution in [3.8, 4) is 5.75 Å². The number of rotatable bonds is 3. The van der Waals surface area contributed by atoms with Crippen LogP contribution in [-0.2, 0) is 10.1 Å². The van der Waals surface area contributed by atoms with E-state index in [1.807, 2.05) is 6.07 Å². The van der Waals surface area contributed by atoms with Crippen LogP contribution in [0, 0.1) is 0 Å². The Kier molecular flexibility index (Phi) is 3.28. The molecule has 4 nitrogen and oxygen atoms in total. The largest absolute Gasteiger partial charge is 0.382 e. The van der Waals surface area contributed by atoms with Crippen LogP contribution in [0.5, 0.6) is 5.75 Å². The summed E-state index contributed by atoms with van der Waals surface area (Å²) in [6, 6.07) is 10.1. The van der Waals surface area contributed by atoms with Gasteiger partial charge in [-0.25, -0.2) is 0 Å². The summed E-state index contributed by atoms with van der Waals surface area (Å²) < 4.78 is 27.0. The fourth-order valence-corrected chi connectivity index (χ4v) is 2.35. The highest BCUT2D eigenvalue weighted by Gasteiger charge is 2.17. The monoisotopic (exact) mass is 284 g/mol. The lowest BCUT2D eigenvalue weighted by atomic mass is 10.0. The topological polar surface area (TPSA) is 60.4 Å². The van der Waals surface area contributed by atoms with Crippen molar-refractivity contribution in [2.24, 2.45) is 0 Å². The lowest BCUT2D eigenvalue weighted by Gasteiger charge is -2.09. The van der Waals surface area contributed by atoms with Crippen LogP contribution in [0.15, 0.2) is 36.4 Å². The molecule has 0 unspecified atom stereocenters. The molecule has 2 rings (SSSR count). The summed E-state index contributed by atoms with van der Waals surface area (Å²) in [4.78, 5) is 11.5. The number of hydrogen-bond acceptors (Lipinski definition) is 4. The molecule has 0 amide bonds. The van der Waals surface area contributed by atoms with Gasteiger partial charge < -0.3 is 4.18 Å². The Bertz CT molecular complexity index is 722. The van der Waals surface area contributed by atoms with Gasteiger partial charge in [-0.05, 0) is 28.4 Å². The Labute approximate surface area is 109 Å². The van der Waals surface area contributed by atoms with Crippen molar-refractivity contribution in [3.63, 3.8) is 0 Å². The van der Waals surface area contributed by atoms with Crippen molar-refractivity contribution >= 4 is 37.7 Å². The quantitative estimate of drug-likeness (QED) is 0.642. The molecule has 94 valence electrons. The number of carbonyl (C=O) groups excluding carboxylic acids is 1. The van der Waals surface area contributed by atoms with Crippen LogP contribution in [0.4, 0.5) is 0 Å². The van der Waals surface area contributed by atoms with Crippen LogP contribution in [0.2, 0.25) is 0 Å². The maximum Gasteiger partial charge on any atom is 0.306 e. The second kappa shape index (κ2) is 4.59. The number of halogens is 1.